The van der Waals surface area contributed by atoms with Crippen LogP contribution in [0.2, 0.25) is 0 Å². The number of thiol groups is 1. The quantitative estimate of drug-likeness (QED) is 0.708. The molecule has 0 amide bonds. The van der Waals surface area contributed by atoms with Gasteiger partial charge >= 0.3 is 0 Å². The van der Waals surface area contributed by atoms with Crippen LogP contribution in [0.15, 0.2) is 0 Å². The van der Waals surface area contributed by atoms with Crippen molar-refractivity contribution < 1.29 is 0 Å². The van der Waals surface area contributed by atoms with E-state index in [1.165, 1.54) is 32.5 Å². The molecule has 0 saturated carbocycles. The molecule has 0 unspecified atom stereocenters. The number of hydrogen-bond acceptors (Lipinski definition) is 2. The molecule has 1 aliphatic rings. The van der Waals surface area contributed by atoms with Crippen molar-refractivity contribution >= 4 is 12.6 Å². The number of nitrogens with zero attached hydrogens (tertiary/aromatic N) is 1. The molecular formula is C12H25NS. The standard InChI is InChI=1S/C12H25NS/c1-11(2)5-7-13(8-6-11)9-12(3,4)10-14/h14H,5-10H2,1-4H3. The van der Waals surface area contributed by atoms with Crippen molar-refractivity contribution in [2.75, 3.05) is 25.4 Å². The molecule has 0 spiro atoms. The summed E-state index contributed by atoms with van der Waals surface area (Å²) in [5, 5.41) is 0. The maximum absolute atomic E-state index is 4.41. The summed E-state index contributed by atoms with van der Waals surface area (Å²) in [6.07, 6.45) is 2.69. The van der Waals surface area contributed by atoms with Crippen LogP contribution < -0.4 is 0 Å². The Morgan fingerprint density at radius 1 is 1.21 bits per heavy atom. The lowest BCUT2D eigenvalue weighted by Crippen LogP contribution is -2.42. The van der Waals surface area contributed by atoms with Gasteiger partial charge in [0.05, 0.1) is 0 Å². The van der Waals surface area contributed by atoms with E-state index < -0.39 is 0 Å². The van der Waals surface area contributed by atoms with Crippen molar-refractivity contribution in [2.24, 2.45) is 10.8 Å². The molecule has 0 bridgehead atoms. The van der Waals surface area contributed by atoms with Crippen LogP contribution >= 0.6 is 12.6 Å². The van der Waals surface area contributed by atoms with Gasteiger partial charge in [0.2, 0.25) is 0 Å². The summed E-state index contributed by atoms with van der Waals surface area (Å²) in [5.74, 6) is 0.979. The van der Waals surface area contributed by atoms with E-state index in [2.05, 4.69) is 45.2 Å². The molecule has 1 heterocycles. The van der Waals surface area contributed by atoms with Gasteiger partial charge in [0.25, 0.3) is 0 Å². The highest BCUT2D eigenvalue weighted by atomic mass is 32.1. The SMILES string of the molecule is CC1(C)CCN(CC(C)(C)CS)CC1. The molecule has 0 radical (unpaired) electrons. The molecule has 1 fully saturated rings. The molecule has 0 aromatic carbocycles. The Morgan fingerprint density at radius 3 is 2.14 bits per heavy atom. The monoisotopic (exact) mass is 215 g/mol. The lowest BCUT2D eigenvalue weighted by atomic mass is 9.82. The second-order valence-electron chi connectivity index (χ2n) is 6.26. The molecule has 1 nitrogen and oxygen atoms in total. The molecule has 0 N–H and O–H groups in total. The Hall–Kier alpha value is 0.310. The Kier molecular flexibility index (Phi) is 3.93. The van der Waals surface area contributed by atoms with Gasteiger partial charge in [-0.25, -0.2) is 0 Å². The summed E-state index contributed by atoms with van der Waals surface area (Å²) in [6, 6.07) is 0. The van der Waals surface area contributed by atoms with Crippen molar-refractivity contribution in [1.82, 2.24) is 4.90 Å². The van der Waals surface area contributed by atoms with Crippen LogP contribution in [-0.4, -0.2) is 30.3 Å². The molecule has 1 rings (SSSR count). The first-order valence-electron chi connectivity index (χ1n) is 5.68. The van der Waals surface area contributed by atoms with Gasteiger partial charge in [0.15, 0.2) is 0 Å². The zero-order valence-electron chi connectivity index (χ0n) is 10.1. The van der Waals surface area contributed by atoms with Gasteiger partial charge in [-0.15, -0.1) is 0 Å². The van der Waals surface area contributed by atoms with Crippen LogP contribution in [0.25, 0.3) is 0 Å². The zero-order chi connectivity index (χ0) is 10.8. The Labute approximate surface area is 94.7 Å². The molecule has 1 aliphatic heterocycles. The van der Waals surface area contributed by atoms with Crippen LogP contribution in [0.5, 0.6) is 0 Å². The summed E-state index contributed by atoms with van der Waals surface area (Å²) in [6.45, 7) is 13.1. The van der Waals surface area contributed by atoms with Crippen molar-refractivity contribution in [1.29, 1.82) is 0 Å². The van der Waals surface area contributed by atoms with E-state index in [4.69, 9.17) is 0 Å². The minimum absolute atomic E-state index is 0.366. The molecule has 0 aromatic rings. The average Bonchev–Trinajstić information content (AvgIpc) is 2.09. The smallest absolute Gasteiger partial charge is 0.00405 e. The molecule has 1 saturated heterocycles. The molecule has 0 atom stereocenters. The van der Waals surface area contributed by atoms with Crippen molar-refractivity contribution in [3.63, 3.8) is 0 Å². The van der Waals surface area contributed by atoms with Gasteiger partial charge < -0.3 is 4.90 Å². The van der Waals surface area contributed by atoms with E-state index in [0.717, 1.165) is 5.75 Å². The minimum atomic E-state index is 0.366. The summed E-state index contributed by atoms with van der Waals surface area (Å²) in [7, 11) is 0. The third-order valence-corrected chi connectivity index (χ3v) is 4.15. The summed E-state index contributed by atoms with van der Waals surface area (Å²) >= 11 is 4.41. The number of rotatable bonds is 3. The topological polar surface area (TPSA) is 3.24 Å². The summed E-state index contributed by atoms with van der Waals surface area (Å²) in [4.78, 5) is 2.60. The van der Waals surface area contributed by atoms with Gasteiger partial charge in [0.1, 0.15) is 0 Å². The minimum Gasteiger partial charge on any atom is -0.303 e. The Morgan fingerprint density at radius 2 is 1.71 bits per heavy atom. The van der Waals surface area contributed by atoms with E-state index in [0.29, 0.717) is 10.8 Å². The number of piperidine rings is 1. The van der Waals surface area contributed by atoms with Crippen molar-refractivity contribution in [3.8, 4) is 0 Å². The Balaban J connectivity index is 2.36. The van der Waals surface area contributed by atoms with Crippen LogP contribution in [0.1, 0.15) is 40.5 Å². The molecule has 2 heteroatoms. The highest BCUT2D eigenvalue weighted by Crippen LogP contribution is 2.31. The lowest BCUT2D eigenvalue weighted by molar-refractivity contribution is 0.102. The van der Waals surface area contributed by atoms with Gasteiger partial charge in [-0.3, -0.25) is 0 Å². The van der Waals surface area contributed by atoms with Gasteiger partial charge in [-0.2, -0.15) is 12.6 Å². The van der Waals surface area contributed by atoms with Crippen LogP contribution in [0.4, 0.5) is 0 Å². The summed E-state index contributed by atoms with van der Waals surface area (Å²) in [5.41, 5.74) is 0.937. The fourth-order valence-electron chi connectivity index (χ4n) is 1.97. The van der Waals surface area contributed by atoms with Crippen LogP contribution in [0.3, 0.4) is 0 Å². The molecular weight excluding hydrogens is 190 g/mol. The first-order chi connectivity index (χ1) is 6.35. The average molecular weight is 215 g/mol. The third kappa shape index (κ3) is 3.82. The van der Waals surface area contributed by atoms with E-state index in [1.807, 2.05) is 0 Å². The first-order valence-corrected chi connectivity index (χ1v) is 6.31. The van der Waals surface area contributed by atoms with Gasteiger partial charge in [-0.05, 0) is 42.5 Å². The van der Waals surface area contributed by atoms with E-state index in [-0.39, 0.29) is 0 Å². The van der Waals surface area contributed by atoms with Crippen LogP contribution in [0, 0.1) is 10.8 Å². The molecule has 14 heavy (non-hydrogen) atoms. The van der Waals surface area contributed by atoms with Gasteiger partial charge in [-0.1, -0.05) is 27.7 Å². The third-order valence-electron chi connectivity index (χ3n) is 3.29. The highest BCUT2D eigenvalue weighted by molar-refractivity contribution is 7.80. The predicted molar refractivity (Wildman–Crippen MR) is 67.1 cm³/mol. The zero-order valence-corrected chi connectivity index (χ0v) is 11.0. The normalized spacial score (nSPS) is 23.8. The largest absolute Gasteiger partial charge is 0.303 e. The van der Waals surface area contributed by atoms with E-state index >= 15 is 0 Å². The summed E-state index contributed by atoms with van der Waals surface area (Å²) < 4.78 is 0. The van der Waals surface area contributed by atoms with Crippen LogP contribution in [-0.2, 0) is 0 Å². The fourth-order valence-corrected chi connectivity index (χ4v) is 2.07. The first kappa shape index (κ1) is 12.4. The van der Waals surface area contributed by atoms with E-state index in [1.54, 1.807) is 0 Å². The predicted octanol–water partition coefficient (Wildman–Crippen LogP) is 3.06. The molecule has 0 aromatic heterocycles. The fraction of sp³-hybridized carbons (Fsp3) is 1.00. The van der Waals surface area contributed by atoms with Crippen molar-refractivity contribution in [2.45, 2.75) is 40.5 Å². The highest BCUT2D eigenvalue weighted by Gasteiger charge is 2.28. The lowest BCUT2D eigenvalue weighted by Gasteiger charge is -2.40. The Bertz CT molecular complexity index is 177. The van der Waals surface area contributed by atoms with E-state index in [9.17, 15) is 0 Å². The maximum Gasteiger partial charge on any atom is 0.00405 e. The second-order valence-corrected chi connectivity index (χ2v) is 6.58. The maximum atomic E-state index is 4.41. The number of hydrogen-bond donors (Lipinski definition) is 1. The molecule has 0 aliphatic carbocycles. The number of likely N-dealkylation sites (tertiary alicyclic amines) is 1. The molecule has 84 valence electrons. The van der Waals surface area contributed by atoms with Gasteiger partial charge in [0, 0.05) is 6.54 Å². The second kappa shape index (κ2) is 4.44. The van der Waals surface area contributed by atoms with Crippen molar-refractivity contribution in [3.05, 3.63) is 0 Å².